The fraction of sp³-hybridized carbons (Fsp3) is 0.0714. The summed E-state index contributed by atoms with van der Waals surface area (Å²) in [5.74, 6) is -0.631. The molecule has 2 aromatic carbocycles. The van der Waals surface area contributed by atoms with E-state index in [4.69, 9.17) is 0 Å². The number of anilines is 1. The van der Waals surface area contributed by atoms with E-state index in [1.165, 1.54) is 36.4 Å². The van der Waals surface area contributed by atoms with E-state index in [0.717, 1.165) is 0 Å². The summed E-state index contributed by atoms with van der Waals surface area (Å²) in [6, 6.07) is 11.6. The minimum absolute atomic E-state index is 0.000516. The predicted octanol–water partition coefficient (Wildman–Crippen LogP) is 3.25. The topological polar surface area (TPSA) is 58.6 Å². The highest BCUT2D eigenvalue weighted by Gasteiger charge is 2.10. The van der Waals surface area contributed by atoms with Crippen LogP contribution in [0.15, 0.2) is 48.5 Å². The van der Waals surface area contributed by atoms with Crippen molar-refractivity contribution in [3.8, 4) is 11.5 Å². The highest BCUT2D eigenvalue weighted by Crippen LogP contribution is 2.20. The van der Waals surface area contributed by atoms with Gasteiger partial charge in [0, 0.05) is 5.69 Å². The number of para-hydroxylation sites is 1. The van der Waals surface area contributed by atoms with Crippen LogP contribution in [0.1, 0.15) is 10.4 Å². The van der Waals surface area contributed by atoms with Crippen molar-refractivity contribution in [2.45, 2.75) is 6.61 Å². The number of nitrogens with one attached hydrogen (secondary N) is 1. The zero-order chi connectivity index (χ0) is 14.5. The number of halogens is 2. The lowest BCUT2D eigenvalue weighted by Crippen LogP contribution is -2.12. The molecule has 0 aliphatic carbocycles. The molecule has 104 valence electrons. The van der Waals surface area contributed by atoms with Crippen molar-refractivity contribution in [3.63, 3.8) is 0 Å². The first-order valence-electron chi connectivity index (χ1n) is 5.70. The Kier molecular flexibility index (Phi) is 4.14. The molecule has 6 heteroatoms. The average Bonchev–Trinajstić information content (AvgIpc) is 2.41. The molecule has 20 heavy (non-hydrogen) atoms. The molecule has 0 aliphatic rings. The van der Waals surface area contributed by atoms with Gasteiger partial charge in [0.2, 0.25) is 0 Å². The van der Waals surface area contributed by atoms with Gasteiger partial charge in [-0.25, -0.2) is 0 Å². The Morgan fingerprint density at radius 3 is 2.35 bits per heavy atom. The molecule has 0 fully saturated rings. The van der Waals surface area contributed by atoms with Crippen molar-refractivity contribution >= 4 is 11.6 Å². The van der Waals surface area contributed by atoms with Crippen LogP contribution in [-0.2, 0) is 0 Å². The maximum atomic E-state index is 12.0. The van der Waals surface area contributed by atoms with Gasteiger partial charge in [-0.1, -0.05) is 12.1 Å². The molecule has 0 radical (unpaired) electrons. The molecule has 0 saturated heterocycles. The number of rotatable bonds is 4. The first-order valence-corrected chi connectivity index (χ1v) is 5.70. The van der Waals surface area contributed by atoms with Gasteiger partial charge in [0.15, 0.2) is 0 Å². The number of ether oxygens (including phenoxy) is 1. The monoisotopic (exact) mass is 279 g/mol. The smallest absolute Gasteiger partial charge is 0.387 e. The number of amides is 1. The maximum Gasteiger partial charge on any atom is 0.387 e. The van der Waals surface area contributed by atoms with Crippen molar-refractivity contribution in [1.82, 2.24) is 0 Å². The third-order valence-electron chi connectivity index (χ3n) is 2.49. The van der Waals surface area contributed by atoms with Crippen LogP contribution < -0.4 is 10.1 Å². The molecular formula is C14H11F2NO3. The van der Waals surface area contributed by atoms with Crippen LogP contribution in [0.2, 0.25) is 0 Å². The van der Waals surface area contributed by atoms with Crippen LogP contribution in [0.25, 0.3) is 0 Å². The Labute approximate surface area is 113 Å². The number of alkyl halides is 2. The van der Waals surface area contributed by atoms with Gasteiger partial charge >= 0.3 is 6.61 Å². The summed E-state index contributed by atoms with van der Waals surface area (Å²) < 4.78 is 28.1. The predicted molar refractivity (Wildman–Crippen MR) is 69.1 cm³/mol. The molecule has 1 amide bonds. The van der Waals surface area contributed by atoms with Crippen molar-refractivity contribution < 1.29 is 23.4 Å². The minimum Gasteiger partial charge on any atom is -0.507 e. The summed E-state index contributed by atoms with van der Waals surface area (Å²) in [5.41, 5.74) is 0.528. The van der Waals surface area contributed by atoms with Gasteiger partial charge < -0.3 is 15.2 Å². The molecule has 2 N–H and O–H groups in total. The summed E-state index contributed by atoms with van der Waals surface area (Å²) in [5, 5.41) is 12.1. The quantitative estimate of drug-likeness (QED) is 0.903. The van der Waals surface area contributed by atoms with E-state index in [2.05, 4.69) is 10.1 Å². The van der Waals surface area contributed by atoms with Gasteiger partial charge in [0.05, 0.1) is 5.56 Å². The molecule has 0 bridgehead atoms. The summed E-state index contributed by atoms with van der Waals surface area (Å²) in [6.07, 6.45) is 0. The summed E-state index contributed by atoms with van der Waals surface area (Å²) in [6.45, 7) is -2.89. The minimum atomic E-state index is -2.89. The molecular weight excluding hydrogens is 268 g/mol. The van der Waals surface area contributed by atoms with Crippen LogP contribution in [0.4, 0.5) is 14.5 Å². The fourth-order valence-electron chi connectivity index (χ4n) is 1.58. The highest BCUT2D eigenvalue weighted by atomic mass is 19.3. The van der Waals surface area contributed by atoms with Crippen molar-refractivity contribution in [1.29, 1.82) is 0 Å². The molecule has 0 atom stereocenters. The van der Waals surface area contributed by atoms with Crippen LogP contribution >= 0.6 is 0 Å². The first kappa shape index (κ1) is 13.8. The number of benzene rings is 2. The van der Waals surface area contributed by atoms with E-state index in [1.807, 2.05) is 0 Å². The van der Waals surface area contributed by atoms with E-state index in [1.54, 1.807) is 12.1 Å². The van der Waals surface area contributed by atoms with Gasteiger partial charge in [0.1, 0.15) is 11.5 Å². The SMILES string of the molecule is O=C(Nc1ccc(OC(F)F)cc1)c1ccccc1O. The first-order chi connectivity index (χ1) is 9.56. The van der Waals surface area contributed by atoms with Gasteiger partial charge in [0.25, 0.3) is 5.91 Å². The highest BCUT2D eigenvalue weighted by molar-refractivity contribution is 6.06. The molecule has 0 spiro atoms. The normalized spacial score (nSPS) is 10.3. The summed E-state index contributed by atoms with van der Waals surface area (Å²) in [7, 11) is 0. The third-order valence-corrected chi connectivity index (χ3v) is 2.49. The standard InChI is InChI=1S/C14H11F2NO3/c15-14(16)20-10-7-5-9(6-8-10)17-13(19)11-3-1-2-4-12(11)18/h1-8,14,18H,(H,17,19). The van der Waals surface area contributed by atoms with Gasteiger partial charge in [-0.15, -0.1) is 0 Å². The lowest BCUT2D eigenvalue weighted by Gasteiger charge is -2.08. The number of carbonyl (C=O) groups excluding carboxylic acids is 1. The van der Waals surface area contributed by atoms with Crippen LogP contribution in [0, 0.1) is 0 Å². The van der Waals surface area contributed by atoms with E-state index in [-0.39, 0.29) is 17.1 Å². The van der Waals surface area contributed by atoms with Crippen LogP contribution in [0.5, 0.6) is 11.5 Å². The third kappa shape index (κ3) is 3.44. The molecule has 0 aliphatic heterocycles. The second-order valence-electron chi connectivity index (χ2n) is 3.87. The van der Waals surface area contributed by atoms with Crippen molar-refractivity contribution in [2.24, 2.45) is 0 Å². The second-order valence-corrected chi connectivity index (χ2v) is 3.87. The average molecular weight is 279 g/mol. The number of phenolic OH excluding ortho intramolecular Hbond substituents is 1. The van der Waals surface area contributed by atoms with E-state index in [0.29, 0.717) is 5.69 Å². The summed E-state index contributed by atoms with van der Waals surface area (Å²) in [4.78, 5) is 11.9. The Balaban J connectivity index is 2.07. The van der Waals surface area contributed by atoms with E-state index < -0.39 is 12.5 Å². The molecule has 0 unspecified atom stereocenters. The lowest BCUT2D eigenvalue weighted by atomic mass is 10.2. The number of phenols is 1. The molecule has 0 saturated carbocycles. The van der Waals surface area contributed by atoms with Gasteiger partial charge in [-0.05, 0) is 36.4 Å². The van der Waals surface area contributed by atoms with Crippen molar-refractivity contribution in [2.75, 3.05) is 5.32 Å². The summed E-state index contributed by atoms with van der Waals surface area (Å²) >= 11 is 0. The molecule has 4 nitrogen and oxygen atoms in total. The fourth-order valence-corrected chi connectivity index (χ4v) is 1.58. The Bertz CT molecular complexity index is 600. The zero-order valence-corrected chi connectivity index (χ0v) is 10.2. The molecule has 2 aromatic rings. The molecule has 2 rings (SSSR count). The van der Waals surface area contributed by atoms with Crippen molar-refractivity contribution in [3.05, 3.63) is 54.1 Å². The number of carbonyl (C=O) groups is 1. The Morgan fingerprint density at radius 1 is 1.10 bits per heavy atom. The van der Waals surface area contributed by atoms with E-state index in [9.17, 15) is 18.7 Å². The molecule has 0 aromatic heterocycles. The Morgan fingerprint density at radius 2 is 1.75 bits per heavy atom. The van der Waals surface area contributed by atoms with Crippen LogP contribution in [0.3, 0.4) is 0 Å². The van der Waals surface area contributed by atoms with E-state index >= 15 is 0 Å². The van der Waals surface area contributed by atoms with Crippen LogP contribution in [-0.4, -0.2) is 17.6 Å². The largest absolute Gasteiger partial charge is 0.507 e. The van der Waals surface area contributed by atoms with Gasteiger partial charge in [-0.2, -0.15) is 8.78 Å². The number of hydrogen-bond acceptors (Lipinski definition) is 3. The zero-order valence-electron chi connectivity index (χ0n) is 10.2. The lowest BCUT2D eigenvalue weighted by molar-refractivity contribution is -0.0498. The number of aromatic hydroxyl groups is 1. The Hall–Kier alpha value is -2.63. The number of hydrogen-bond donors (Lipinski definition) is 2. The molecule has 0 heterocycles. The second kappa shape index (κ2) is 6.01. The maximum absolute atomic E-state index is 12.0. The van der Waals surface area contributed by atoms with Gasteiger partial charge in [-0.3, -0.25) is 4.79 Å².